The summed E-state index contributed by atoms with van der Waals surface area (Å²) in [7, 11) is 1.67. The molecule has 3 heterocycles. The van der Waals surface area contributed by atoms with E-state index < -0.39 is 0 Å². The number of aryl methyl sites for hydroxylation is 1. The number of aromatic nitrogens is 2. The van der Waals surface area contributed by atoms with Gasteiger partial charge in [0.15, 0.2) is 0 Å². The summed E-state index contributed by atoms with van der Waals surface area (Å²) >= 11 is 0. The lowest BCUT2D eigenvalue weighted by atomic mass is 9.96. The highest BCUT2D eigenvalue weighted by atomic mass is 35.5. The van der Waals surface area contributed by atoms with Gasteiger partial charge in [-0.1, -0.05) is 0 Å². The van der Waals surface area contributed by atoms with Crippen LogP contribution in [0.4, 0.5) is 0 Å². The minimum absolute atomic E-state index is 0. The Labute approximate surface area is 137 Å². The van der Waals surface area contributed by atoms with Crippen LogP contribution in [0, 0.1) is 0 Å². The Morgan fingerprint density at radius 2 is 2.27 bits per heavy atom. The van der Waals surface area contributed by atoms with Gasteiger partial charge in [-0.2, -0.15) is 5.10 Å². The Kier molecular flexibility index (Phi) is 6.23. The molecule has 1 amide bonds. The molecule has 1 saturated heterocycles. The third-order valence-electron chi connectivity index (χ3n) is 4.38. The minimum Gasteiger partial charge on any atom is -0.383 e. The number of ether oxygens (including phenoxy) is 1. The predicted octanol–water partition coefficient (Wildman–Crippen LogP) is 1.26. The molecule has 7 heteroatoms. The third kappa shape index (κ3) is 3.62. The number of nitrogens with zero attached hydrogens (tertiary/aromatic N) is 3. The van der Waals surface area contributed by atoms with Crippen LogP contribution in [0.25, 0.3) is 0 Å². The molecule has 0 radical (unpaired) electrons. The summed E-state index contributed by atoms with van der Waals surface area (Å²) in [5.74, 6) is 0.533. The van der Waals surface area contributed by atoms with E-state index in [1.807, 2.05) is 15.6 Å². The summed E-state index contributed by atoms with van der Waals surface area (Å²) in [5, 5.41) is 8.11. The first kappa shape index (κ1) is 17.2. The summed E-state index contributed by atoms with van der Waals surface area (Å²) < 4.78 is 7.00. The van der Waals surface area contributed by atoms with Gasteiger partial charge in [0.2, 0.25) is 0 Å². The van der Waals surface area contributed by atoms with E-state index in [9.17, 15) is 4.79 Å². The molecule has 3 rings (SSSR count). The zero-order valence-corrected chi connectivity index (χ0v) is 13.9. The molecule has 1 atom stereocenters. The van der Waals surface area contributed by atoms with E-state index in [1.54, 1.807) is 7.11 Å². The van der Waals surface area contributed by atoms with Crippen molar-refractivity contribution in [2.75, 3.05) is 39.9 Å². The van der Waals surface area contributed by atoms with Gasteiger partial charge in [-0.05, 0) is 31.9 Å². The van der Waals surface area contributed by atoms with E-state index in [0.717, 1.165) is 50.4 Å². The molecular weight excluding hydrogens is 304 g/mol. The molecule has 1 aromatic rings. The lowest BCUT2D eigenvalue weighted by molar-refractivity contribution is 0.0699. The van der Waals surface area contributed by atoms with E-state index in [2.05, 4.69) is 5.32 Å². The zero-order valence-electron chi connectivity index (χ0n) is 13.1. The van der Waals surface area contributed by atoms with Gasteiger partial charge in [0, 0.05) is 39.2 Å². The van der Waals surface area contributed by atoms with Crippen molar-refractivity contribution in [2.24, 2.45) is 0 Å². The largest absolute Gasteiger partial charge is 0.383 e. The highest BCUT2D eigenvalue weighted by molar-refractivity contribution is 5.93. The molecule has 22 heavy (non-hydrogen) atoms. The van der Waals surface area contributed by atoms with Gasteiger partial charge in [-0.15, -0.1) is 12.4 Å². The first-order valence-electron chi connectivity index (χ1n) is 7.86. The van der Waals surface area contributed by atoms with Gasteiger partial charge < -0.3 is 15.0 Å². The number of fused-ring (bicyclic) bond motifs is 1. The summed E-state index contributed by atoms with van der Waals surface area (Å²) in [5.41, 5.74) is 1.81. The van der Waals surface area contributed by atoms with E-state index in [-0.39, 0.29) is 18.3 Å². The molecule has 0 aromatic carbocycles. The quantitative estimate of drug-likeness (QED) is 0.904. The average molecular weight is 329 g/mol. The number of amides is 1. The van der Waals surface area contributed by atoms with Crippen molar-refractivity contribution in [3.05, 3.63) is 17.5 Å². The number of carbonyl (C=O) groups is 1. The van der Waals surface area contributed by atoms with Crippen molar-refractivity contribution < 1.29 is 9.53 Å². The molecule has 0 bridgehead atoms. The second-order valence-electron chi connectivity index (χ2n) is 5.86. The van der Waals surface area contributed by atoms with Crippen LogP contribution < -0.4 is 5.32 Å². The van der Waals surface area contributed by atoms with Gasteiger partial charge in [-0.25, -0.2) is 0 Å². The number of methoxy groups -OCH3 is 1. The first-order valence-corrected chi connectivity index (χ1v) is 7.86. The van der Waals surface area contributed by atoms with Crippen molar-refractivity contribution in [1.29, 1.82) is 0 Å². The number of hydrogen-bond donors (Lipinski definition) is 1. The number of rotatable bonds is 4. The molecule has 124 valence electrons. The van der Waals surface area contributed by atoms with Crippen LogP contribution in [-0.4, -0.2) is 60.5 Å². The van der Waals surface area contributed by atoms with Crippen molar-refractivity contribution in [3.63, 3.8) is 0 Å². The monoisotopic (exact) mass is 328 g/mol. The second kappa shape index (κ2) is 7.94. The molecular formula is C15H25ClN4O2. The molecule has 1 N–H and O–H groups in total. The van der Waals surface area contributed by atoms with Crippen molar-refractivity contribution in [1.82, 2.24) is 20.0 Å². The van der Waals surface area contributed by atoms with Crippen molar-refractivity contribution in [2.45, 2.75) is 31.7 Å². The smallest absolute Gasteiger partial charge is 0.272 e. The maximum absolute atomic E-state index is 12.6. The van der Waals surface area contributed by atoms with Crippen LogP contribution in [0.2, 0.25) is 0 Å². The van der Waals surface area contributed by atoms with E-state index in [4.69, 9.17) is 9.84 Å². The molecule has 2 aliphatic rings. The maximum Gasteiger partial charge on any atom is 0.272 e. The van der Waals surface area contributed by atoms with Crippen LogP contribution in [0.1, 0.15) is 41.4 Å². The Hall–Kier alpha value is -1.11. The first-order chi connectivity index (χ1) is 10.3. The summed E-state index contributed by atoms with van der Waals surface area (Å²) in [6, 6.07) is 2.01. The van der Waals surface area contributed by atoms with Crippen LogP contribution >= 0.6 is 12.4 Å². The normalized spacial score (nSPS) is 22.0. The molecule has 6 nitrogen and oxygen atoms in total. The fourth-order valence-electron chi connectivity index (χ4n) is 3.17. The van der Waals surface area contributed by atoms with E-state index >= 15 is 0 Å². The van der Waals surface area contributed by atoms with Crippen LogP contribution in [-0.2, 0) is 11.3 Å². The Balaban J connectivity index is 0.00000176. The lowest BCUT2D eigenvalue weighted by Crippen LogP contribution is -2.34. The lowest BCUT2D eigenvalue weighted by Gasteiger charge is -2.21. The zero-order chi connectivity index (χ0) is 14.7. The topological polar surface area (TPSA) is 59.4 Å². The predicted molar refractivity (Wildman–Crippen MR) is 86.7 cm³/mol. The van der Waals surface area contributed by atoms with Gasteiger partial charge in [0.1, 0.15) is 5.69 Å². The molecule has 2 aliphatic heterocycles. The molecule has 1 aromatic heterocycles. The molecule has 0 saturated carbocycles. The van der Waals surface area contributed by atoms with Crippen LogP contribution in [0.15, 0.2) is 6.07 Å². The number of nitrogens with one attached hydrogen (secondary N) is 1. The van der Waals surface area contributed by atoms with Gasteiger partial charge in [0.25, 0.3) is 5.91 Å². The number of hydrogen-bond acceptors (Lipinski definition) is 4. The average Bonchev–Trinajstić information content (AvgIpc) is 2.89. The molecule has 0 spiro atoms. The molecule has 1 unspecified atom stereocenters. The second-order valence-corrected chi connectivity index (χ2v) is 5.86. The van der Waals surface area contributed by atoms with Crippen LogP contribution in [0.3, 0.4) is 0 Å². The summed E-state index contributed by atoms with van der Waals surface area (Å²) in [6.07, 6.45) is 3.29. The standard InChI is InChI=1S/C15H24N4O2.ClH/c1-21-9-8-18-6-3-7-19-14(15(18)20)10-13(17-19)12-4-2-5-16-11-12;/h10,12,16H,2-9,11H2,1H3;1H. The highest BCUT2D eigenvalue weighted by Gasteiger charge is 2.27. The summed E-state index contributed by atoms with van der Waals surface area (Å²) in [6.45, 7) is 4.91. The molecule has 1 fully saturated rings. The number of piperidine rings is 1. The van der Waals surface area contributed by atoms with Crippen LogP contribution in [0.5, 0.6) is 0 Å². The van der Waals surface area contributed by atoms with Crippen molar-refractivity contribution >= 4 is 18.3 Å². The summed E-state index contributed by atoms with van der Waals surface area (Å²) in [4.78, 5) is 14.5. The van der Waals surface area contributed by atoms with Gasteiger partial charge >= 0.3 is 0 Å². The molecule has 0 aliphatic carbocycles. The Morgan fingerprint density at radius 3 is 3.00 bits per heavy atom. The van der Waals surface area contributed by atoms with E-state index in [1.165, 1.54) is 6.42 Å². The Morgan fingerprint density at radius 1 is 1.41 bits per heavy atom. The fourth-order valence-corrected chi connectivity index (χ4v) is 3.17. The number of carbonyl (C=O) groups excluding carboxylic acids is 1. The highest BCUT2D eigenvalue weighted by Crippen LogP contribution is 2.24. The van der Waals surface area contributed by atoms with E-state index in [0.29, 0.717) is 19.1 Å². The van der Waals surface area contributed by atoms with Crippen molar-refractivity contribution in [3.8, 4) is 0 Å². The Bertz CT molecular complexity index is 500. The van der Waals surface area contributed by atoms with Gasteiger partial charge in [-0.3, -0.25) is 9.48 Å². The minimum atomic E-state index is 0. The SMILES string of the molecule is COCCN1CCCn2nc(C3CCCNC3)cc2C1=O.Cl. The fraction of sp³-hybridized carbons (Fsp3) is 0.733. The maximum atomic E-state index is 12.6. The van der Waals surface area contributed by atoms with Gasteiger partial charge in [0.05, 0.1) is 12.3 Å². The number of halogens is 1. The third-order valence-corrected chi connectivity index (χ3v) is 4.38.